The first-order valence-electron chi connectivity index (χ1n) is 7.65. The molecular weight excluding hydrogens is 296 g/mol. The molecule has 1 heterocycles. The number of esters is 1. The molecule has 0 unspecified atom stereocenters. The zero-order valence-electron chi connectivity index (χ0n) is 13.2. The van der Waals surface area contributed by atoms with Crippen molar-refractivity contribution in [3.63, 3.8) is 0 Å². The van der Waals surface area contributed by atoms with Gasteiger partial charge < -0.3 is 14.4 Å². The van der Waals surface area contributed by atoms with Gasteiger partial charge in [0.2, 0.25) is 0 Å². The summed E-state index contributed by atoms with van der Waals surface area (Å²) in [4.78, 5) is 25.3. The van der Waals surface area contributed by atoms with E-state index in [9.17, 15) is 9.59 Å². The lowest BCUT2D eigenvalue weighted by Gasteiger charge is -2.30. The molecule has 0 bridgehead atoms. The molecule has 1 fully saturated rings. The number of carbonyl (C=O) groups is 2. The van der Waals surface area contributed by atoms with Crippen molar-refractivity contribution in [2.24, 2.45) is 5.92 Å². The predicted octanol–water partition coefficient (Wildman–Crippen LogP) is 1.74. The number of nitrogens with zero attached hydrogens (tertiary/aromatic N) is 2. The van der Waals surface area contributed by atoms with Crippen molar-refractivity contribution < 1.29 is 19.1 Å². The molecule has 0 saturated carbocycles. The van der Waals surface area contributed by atoms with Crippen molar-refractivity contribution in [2.75, 3.05) is 26.3 Å². The van der Waals surface area contributed by atoms with Gasteiger partial charge >= 0.3 is 5.97 Å². The number of nitriles is 1. The fraction of sp³-hybridized carbons (Fsp3) is 0.471. The molecule has 1 amide bonds. The molecule has 0 aliphatic carbocycles. The van der Waals surface area contributed by atoms with Gasteiger partial charge in [0, 0.05) is 13.1 Å². The highest BCUT2D eigenvalue weighted by Gasteiger charge is 2.21. The van der Waals surface area contributed by atoms with Crippen molar-refractivity contribution in [1.29, 1.82) is 5.26 Å². The van der Waals surface area contributed by atoms with Crippen molar-refractivity contribution in [3.8, 4) is 11.8 Å². The first-order valence-corrected chi connectivity index (χ1v) is 7.65. The van der Waals surface area contributed by atoms with Gasteiger partial charge in [0.15, 0.2) is 13.2 Å². The maximum Gasteiger partial charge on any atom is 0.344 e. The van der Waals surface area contributed by atoms with E-state index in [-0.39, 0.29) is 19.1 Å². The Labute approximate surface area is 135 Å². The van der Waals surface area contributed by atoms with E-state index in [1.54, 1.807) is 29.2 Å². The van der Waals surface area contributed by atoms with Crippen molar-refractivity contribution in [3.05, 3.63) is 29.8 Å². The van der Waals surface area contributed by atoms with E-state index in [4.69, 9.17) is 14.7 Å². The van der Waals surface area contributed by atoms with E-state index in [1.165, 1.54) is 0 Å². The highest BCUT2D eigenvalue weighted by molar-refractivity contribution is 5.81. The summed E-state index contributed by atoms with van der Waals surface area (Å²) in [6, 6.07) is 8.40. The fourth-order valence-corrected chi connectivity index (χ4v) is 2.46. The Balaban J connectivity index is 1.70. The molecular formula is C17H20N2O4. The van der Waals surface area contributed by atoms with Crippen LogP contribution in [0.1, 0.15) is 25.3 Å². The smallest absolute Gasteiger partial charge is 0.344 e. The van der Waals surface area contributed by atoms with Gasteiger partial charge in [-0.1, -0.05) is 6.92 Å². The maximum absolute atomic E-state index is 12.0. The van der Waals surface area contributed by atoms with Gasteiger partial charge in [-0.05, 0) is 43.0 Å². The van der Waals surface area contributed by atoms with Gasteiger partial charge in [-0.25, -0.2) is 4.79 Å². The third-order valence-corrected chi connectivity index (χ3v) is 3.71. The summed E-state index contributed by atoms with van der Waals surface area (Å²) in [5.74, 6) is 0.205. The fourth-order valence-electron chi connectivity index (χ4n) is 2.46. The molecule has 2 rings (SSSR count). The summed E-state index contributed by atoms with van der Waals surface area (Å²) in [7, 11) is 0. The maximum atomic E-state index is 12.0. The second kappa shape index (κ2) is 8.18. The average molecular weight is 316 g/mol. The van der Waals surface area contributed by atoms with E-state index in [2.05, 4.69) is 6.92 Å². The van der Waals surface area contributed by atoms with E-state index >= 15 is 0 Å². The van der Waals surface area contributed by atoms with Crippen molar-refractivity contribution in [1.82, 2.24) is 4.90 Å². The van der Waals surface area contributed by atoms with E-state index < -0.39 is 5.97 Å². The number of ether oxygens (including phenoxy) is 2. The number of hydrogen-bond acceptors (Lipinski definition) is 5. The van der Waals surface area contributed by atoms with Crippen LogP contribution < -0.4 is 4.74 Å². The quantitative estimate of drug-likeness (QED) is 0.773. The number of piperidine rings is 1. The molecule has 0 aromatic heterocycles. The monoisotopic (exact) mass is 316 g/mol. The Bertz CT molecular complexity index is 592. The summed E-state index contributed by atoms with van der Waals surface area (Å²) in [6.07, 6.45) is 2.12. The van der Waals surface area contributed by atoms with Crippen LogP contribution in [0.4, 0.5) is 0 Å². The minimum atomic E-state index is -0.590. The van der Waals surface area contributed by atoms with Gasteiger partial charge in [-0.3, -0.25) is 4.79 Å². The Hall–Kier alpha value is -2.55. The molecule has 0 spiro atoms. The van der Waals surface area contributed by atoms with Crippen LogP contribution in [0.25, 0.3) is 0 Å². The van der Waals surface area contributed by atoms with E-state index in [0.717, 1.165) is 25.9 Å². The summed E-state index contributed by atoms with van der Waals surface area (Å²) < 4.78 is 10.2. The topological polar surface area (TPSA) is 79.6 Å². The van der Waals surface area contributed by atoms with Crippen LogP contribution in [-0.4, -0.2) is 43.1 Å². The number of amides is 1. The molecule has 6 heteroatoms. The first-order chi connectivity index (χ1) is 11.1. The number of rotatable bonds is 5. The summed E-state index contributed by atoms with van der Waals surface area (Å²) in [5, 5.41) is 8.69. The highest BCUT2D eigenvalue weighted by atomic mass is 16.6. The van der Waals surface area contributed by atoms with E-state index in [0.29, 0.717) is 17.2 Å². The summed E-state index contributed by atoms with van der Waals surface area (Å²) in [5.41, 5.74) is 0.515. The van der Waals surface area contributed by atoms with Crippen LogP contribution in [0.15, 0.2) is 24.3 Å². The molecule has 0 radical (unpaired) electrons. The summed E-state index contributed by atoms with van der Waals surface area (Å²) >= 11 is 0. The third-order valence-electron chi connectivity index (χ3n) is 3.71. The van der Waals surface area contributed by atoms with E-state index in [1.807, 2.05) is 6.07 Å². The SMILES string of the molecule is C[C@@H]1CCCN(C(=O)COC(=O)COc2ccc(C#N)cc2)C1. The van der Waals surface area contributed by atoms with Gasteiger partial charge in [0.25, 0.3) is 5.91 Å². The molecule has 6 nitrogen and oxygen atoms in total. The normalized spacial score (nSPS) is 17.2. The number of carbonyl (C=O) groups excluding carboxylic acids is 2. The zero-order chi connectivity index (χ0) is 16.7. The van der Waals surface area contributed by atoms with Crippen LogP contribution in [0, 0.1) is 17.2 Å². The second-order valence-corrected chi connectivity index (χ2v) is 5.67. The second-order valence-electron chi connectivity index (χ2n) is 5.67. The minimum Gasteiger partial charge on any atom is -0.482 e. The molecule has 1 aliphatic rings. The van der Waals surface area contributed by atoms with Gasteiger partial charge in [0.05, 0.1) is 11.6 Å². The van der Waals surface area contributed by atoms with Crippen LogP contribution in [0.2, 0.25) is 0 Å². The van der Waals surface area contributed by atoms with Crippen molar-refractivity contribution in [2.45, 2.75) is 19.8 Å². The standard InChI is InChI=1S/C17H20N2O4/c1-13-3-2-8-19(10-13)16(20)11-23-17(21)12-22-15-6-4-14(9-18)5-7-15/h4-7,13H,2-3,8,10-12H2,1H3/t13-/m1/s1. The van der Waals surface area contributed by atoms with Gasteiger partial charge in [0.1, 0.15) is 5.75 Å². The molecule has 1 atom stereocenters. The Morgan fingerprint density at radius 1 is 1.30 bits per heavy atom. The minimum absolute atomic E-state index is 0.164. The van der Waals surface area contributed by atoms with Crippen LogP contribution in [0.3, 0.4) is 0 Å². The molecule has 1 aromatic carbocycles. The summed E-state index contributed by atoms with van der Waals surface area (Å²) in [6.45, 7) is 3.04. The number of benzene rings is 1. The van der Waals surface area contributed by atoms with Gasteiger partial charge in [-0.2, -0.15) is 5.26 Å². The molecule has 23 heavy (non-hydrogen) atoms. The van der Waals surface area contributed by atoms with Crippen LogP contribution in [-0.2, 0) is 14.3 Å². The highest BCUT2D eigenvalue weighted by Crippen LogP contribution is 2.15. The Kier molecular flexibility index (Phi) is 5.98. The Morgan fingerprint density at radius 3 is 2.70 bits per heavy atom. The molecule has 122 valence electrons. The largest absolute Gasteiger partial charge is 0.482 e. The zero-order valence-corrected chi connectivity index (χ0v) is 13.2. The van der Waals surface area contributed by atoms with Crippen molar-refractivity contribution >= 4 is 11.9 Å². The molecule has 1 saturated heterocycles. The average Bonchev–Trinajstić information content (AvgIpc) is 2.58. The lowest BCUT2D eigenvalue weighted by Crippen LogP contribution is -2.41. The Morgan fingerprint density at radius 2 is 2.04 bits per heavy atom. The number of likely N-dealkylation sites (tertiary alicyclic amines) is 1. The number of hydrogen-bond donors (Lipinski definition) is 0. The molecule has 1 aliphatic heterocycles. The lowest BCUT2D eigenvalue weighted by molar-refractivity contribution is -0.154. The molecule has 0 N–H and O–H groups in total. The van der Waals surface area contributed by atoms with Crippen LogP contribution in [0.5, 0.6) is 5.75 Å². The lowest BCUT2D eigenvalue weighted by atomic mass is 10.0. The predicted molar refractivity (Wildman–Crippen MR) is 82.6 cm³/mol. The first kappa shape index (κ1) is 16.8. The molecule has 1 aromatic rings. The van der Waals surface area contributed by atoms with Gasteiger partial charge in [-0.15, -0.1) is 0 Å². The van der Waals surface area contributed by atoms with Crippen LogP contribution >= 0.6 is 0 Å². The third kappa shape index (κ3) is 5.29.